The fraction of sp³-hybridized carbons (Fsp3) is 0.154. The van der Waals surface area contributed by atoms with E-state index in [1.54, 1.807) is 11.6 Å². The number of anilines is 1. The van der Waals surface area contributed by atoms with Crippen LogP contribution in [0.15, 0.2) is 58.5 Å². The molecule has 0 saturated heterocycles. The van der Waals surface area contributed by atoms with E-state index in [-0.39, 0.29) is 5.56 Å². The molecule has 0 fully saturated rings. The van der Waals surface area contributed by atoms with Gasteiger partial charge in [0.25, 0.3) is 11.8 Å². The molecule has 1 aliphatic rings. The minimum atomic E-state index is -0.646. The van der Waals surface area contributed by atoms with Crippen molar-refractivity contribution in [2.75, 3.05) is 11.9 Å². The molecular weight excluding hydrogens is 466 g/mol. The number of furan rings is 1. The Morgan fingerprint density at radius 2 is 2.00 bits per heavy atom. The first-order chi connectivity index (χ1) is 17.0. The lowest BCUT2D eigenvalue weighted by molar-refractivity contribution is -0.119. The molecule has 2 amide bonds. The molecule has 0 radical (unpaired) electrons. The number of esters is 1. The number of nitrogens with one attached hydrogen (secondary N) is 1. The fourth-order valence-corrected chi connectivity index (χ4v) is 5.03. The summed E-state index contributed by atoms with van der Waals surface area (Å²) in [4.78, 5) is 42.1. The maximum atomic E-state index is 13.3. The van der Waals surface area contributed by atoms with Crippen LogP contribution in [0, 0.1) is 0 Å². The molecule has 1 aliphatic carbocycles. The van der Waals surface area contributed by atoms with Crippen molar-refractivity contribution in [3.63, 3.8) is 0 Å². The highest BCUT2D eigenvalue weighted by Crippen LogP contribution is 2.36. The molecule has 5 rings (SSSR count). The molecule has 9 heteroatoms. The first kappa shape index (κ1) is 22.5. The van der Waals surface area contributed by atoms with E-state index in [0.717, 1.165) is 41.0 Å². The molecule has 3 N–H and O–H groups in total. The first-order valence-electron chi connectivity index (χ1n) is 11.0. The number of benzene rings is 1. The van der Waals surface area contributed by atoms with Gasteiger partial charge in [0.15, 0.2) is 6.61 Å². The van der Waals surface area contributed by atoms with Gasteiger partial charge in [0, 0.05) is 5.39 Å². The van der Waals surface area contributed by atoms with Crippen LogP contribution in [0.3, 0.4) is 0 Å². The largest absolute Gasteiger partial charge is 0.465 e. The van der Waals surface area contributed by atoms with Gasteiger partial charge in [0.1, 0.15) is 10.8 Å². The minimum Gasteiger partial charge on any atom is -0.465 e. The number of pyridine rings is 1. The van der Waals surface area contributed by atoms with Crippen LogP contribution in [0.5, 0.6) is 0 Å². The third-order valence-corrected chi connectivity index (χ3v) is 6.58. The molecule has 1 aromatic carbocycles. The van der Waals surface area contributed by atoms with E-state index >= 15 is 0 Å². The number of para-hydroxylation sites is 1. The fourth-order valence-electron chi connectivity index (χ4n) is 4.22. The first-order valence-corrected chi connectivity index (χ1v) is 11.9. The number of amides is 2. The second-order valence-corrected chi connectivity index (χ2v) is 8.94. The Balaban J connectivity index is 1.44. The number of ether oxygens (including phenoxy) is 1. The number of thiophene rings is 1. The van der Waals surface area contributed by atoms with Crippen LogP contribution < -0.4 is 11.1 Å². The Morgan fingerprint density at radius 1 is 1.14 bits per heavy atom. The molecule has 8 nitrogen and oxygen atoms in total. The summed E-state index contributed by atoms with van der Waals surface area (Å²) in [6.07, 6.45) is 5.87. The summed E-state index contributed by atoms with van der Waals surface area (Å²) in [5, 5.41) is 5.21. The van der Waals surface area contributed by atoms with Gasteiger partial charge in [0.2, 0.25) is 0 Å². The van der Waals surface area contributed by atoms with Crippen molar-refractivity contribution in [1.29, 1.82) is 0 Å². The van der Waals surface area contributed by atoms with Gasteiger partial charge < -0.3 is 20.2 Å². The predicted octanol–water partition coefficient (Wildman–Crippen LogP) is 4.66. The average molecular weight is 488 g/mol. The van der Waals surface area contributed by atoms with Gasteiger partial charge in [-0.2, -0.15) is 0 Å². The van der Waals surface area contributed by atoms with Crippen molar-refractivity contribution in [1.82, 2.24) is 4.98 Å². The van der Waals surface area contributed by atoms with Crippen LogP contribution in [0.25, 0.3) is 22.6 Å². The lowest BCUT2D eigenvalue weighted by Gasteiger charge is -2.22. The number of carbonyl (C=O) groups is 3. The van der Waals surface area contributed by atoms with Crippen LogP contribution in [0.4, 0.5) is 5.00 Å². The molecule has 0 bridgehead atoms. The summed E-state index contributed by atoms with van der Waals surface area (Å²) in [6.45, 7) is -0.505. The average Bonchev–Trinajstić information content (AvgIpc) is 3.53. The van der Waals surface area contributed by atoms with Crippen LogP contribution >= 0.6 is 11.3 Å². The Labute approximate surface area is 204 Å². The van der Waals surface area contributed by atoms with Crippen molar-refractivity contribution >= 4 is 56.7 Å². The van der Waals surface area contributed by atoms with E-state index in [0.29, 0.717) is 33.6 Å². The highest BCUT2D eigenvalue weighted by atomic mass is 32.1. The molecule has 35 heavy (non-hydrogen) atoms. The third kappa shape index (κ3) is 4.58. The molecule has 0 saturated carbocycles. The van der Waals surface area contributed by atoms with Crippen LogP contribution in [0.2, 0.25) is 0 Å². The maximum Gasteiger partial charge on any atom is 0.339 e. The highest BCUT2D eigenvalue weighted by Gasteiger charge is 2.26. The summed E-state index contributed by atoms with van der Waals surface area (Å²) >= 11 is 1.16. The number of aromatic nitrogens is 1. The zero-order chi connectivity index (χ0) is 24.4. The summed E-state index contributed by atoms with van der Waals surface area (Å²) < 4.78 is 10.9. The topological polar surface area (TPSA) is 125 Å². The van der Waals surface area contributed by atoms with E-state index in [9.17, 15) is 14.4 Å². The van der Waals surface area contributed by atoms with Gasteiger partial charge in [-0.15, -0.1) is 11.3 Å². The van der Waals surface area contributed by atoms with Gasteiger partial charge in [-0.25, -0.2) is 9.78 Å². The summed E-state index contributed by atoms with van der Waals surface area (Å²) in [5.74, 6) is -1.09. The number of rotatable bonds is 6. The molecule has 0 spiro atoms. The monoisotopic (exact) mass is 487 g/mol. The van der Waals surface area contributed by atoms with E-state index in [2.05, 4.69) is 5.32 Å². The van der Waals surface area contributed by atoms with Gasteiger partial charge in [-0.05, 0) is 66.1 Å². The maximum absolute atomic E-state index is 13.3. The van der Waals surface area contributed by atoms with Crippen molar-refractivity contribution in [2.24, 2.45) is 5.73 Å². The number of carbonyl (C=O) groups excluding carboxylic acids is 3. The molecule has 3 aromatic heterocycles. The van der Waals surface area contributed by atoms with E-state index in [1.165, 1.54) is 6.07 Å². The van der Waals surface area contributed by atoms with E-state index in [1.807, 2.05) is 42.5 Å². The van der Waals surface area contributed by atoms with Gasteiger partial charge in [-0.3, -0.25) is 9.59 Å². The van der Waals surface area contributed by atoms with Crippen molar-refractivity contribution in [2.45, 2.75) is 19.3 Å². The summed E-state index contributed by atoms with van der Waals surface area (Å²) in [6, 6.07) is 12.6. The number of nitrogens with two attached hydrogens (primary N) is 1. The number of allylic oxidation sites excluding steroid dienone is 1. The molecular formula is C26H21N3O5S. The standard InChI is InChI=1S/C26H21N3O5S/c27-24(31)19-10-12-35-25(19)29-21(30)14-34-26(32)22-17-7-1-2-9-20(17)28-23-15(5-3-8-18(22)23)13-16-6-4-11-33-16/h1-2,4,6-7,9-13H,3,5,8,14H2,(H2,27,31)(H,29,30). The van der Waals surface area contributed by atoms with E-state index < -0.39 is 24.4 Å². The van der Waals surface area contributed by atoms with Crippen LogP contribution in [0.1, 0.15) is 50.6 Å². The second-order valence-electron chi connectivity index (χ2n) is 8.02. The van der Waals surface area contributed by atoms with Crippen molar-refractivity contribution in [3.05, 3.63) is 82.3 Å². The second kappa shape index (κ2) is 9.55. The molecule has 0 aliphatic heterocycles. The molecule has 4 aromatic rings. The Kier molecular flexibility index (Phi) is 6.15. The predicted molar refractivity (Wildman–Crippen MR) is 133 cm³/mol. The van der Waals surface area contributed by atoms with Crippen LogP contribution in [-0.2, 0) is 16.0 Å². The van der Waals surface area contributed by atoms with Gasteiger partial charge in [0.05, 0.1) is 28.6 Å². The minimum absolute atomic E-state index is 0.208. The Morgan fingerprint density at radius 3 is 2.80 bits per heavy atom. The molecule has 176 valence electrons. The normalized spacial score (nSPS) is 14.0. The Hall–Kier alpha value is -4.24. The summed E-state index contributed by atoms with van der Waals surface area (Å²) in [7, 11) is 0. The zero-order valence-electron chi connectivity index (χ0n) is 18.6. The molecule has 3 heterocycles. The van der Waals surface area contributed by atoms with Gasteiger partial charge >= 0.3 is 5.97 Å². The quantitative estimate of drug-likeness (QED) is 0.381. The SMILES string of the molecule is NC(=O)c1ccsc1NC(=O)COC(=O)c1c2c(nc3ccccc13)C(=Cc1ccco1)CCC2. The van der Waals surface area contributed by atoms with E-state index in [4.69, 9.17) is 19.9 Å². The lowest BCUT2D eigenvalue weighted by atomic mass is 9.86. The van der Waals surface area contributed by atoms with Gasteiger partial charge in [-0.1, -0.05) is 18.2 Å². The Bertz CT molecular complexity index is 1470. The summed E-state index contributed by atoms with van der Waals surface area (Å²) in [5.41, 5.74) is 9.13. The molecule has 0 unspecified atom stereocenters. The van der Waals surface area contributed by atoms with Crippen molar-refractivity contribution in [3.8, 4) is 0 Å². The number of hydrogen-bond acceptors (Lipinski definition) is 7. The number of primary amides is 1. The number of nitrogens with zero attached hydrogens (tertiary/aromatic N) is 1. The van der Waals surface area contributed by atoms with Crippen LogP contribution in [-0.4, -0.2) is 29.4 Å². The number of hydrogen-bond donors (Lipinski definition) is 2. The highest BCUT2D eigenvalue weighted by molar-refractivity contribution is 7.14. The zero-order valence-corrected chi connectivity index (χ0v) is 19.4. The molecule has 0 atom stereocenters. The smallest absolute Gasteiger partial charge is 0.339 e. The lowest BCUT2D eigenvalue weighted by Crippen LogP contribution is -2.23. The van der Waals surface area contributed by atoms with Crippen molar-refractivity contribution < 1.29 is 23.5 Å². The number of fused-ring (bicyclic) bond motifs is 2. The third-order valence-electron chi connectivity index (χ3n) is 5.75.